The standard InChI is InChI=1S/C24H25N3O5/c1-24-12-18-17-11-16(32-2)6-7-19(17)25-21(18)22(14-4-3-5-15(29)10-14)27(24)20(30)13-26(8-9-28)23(24)31/h3-7,10-11,22,25,28-29H,8-9,12-13H2,1-2H3/t22-,24+/m1/s1. The lowest BCUT2D eigenvalue weighted by molar-refractivity contribution is -0.167. The van der Waals surface area contributed by atoms with Gasteiger partial charge in [0.1, 0.15) is 17.0 Å². The third-order valence-corrected chi connectivity index (χ3v) is 6.63. The van der Waals surface area contributed by atoms with Crippen LogP contribution in [0.25, 0.3) is 10.9 Å². The molecule has 0 unspecified atom stereocenters. The lowest BCUT2D eigenvalue weighted by atomic mass is 9.78. The van der Waals surface area contributed by atoms with E-state index in [-0.39, 0.29) is 37.3 Å². The van der Waals surface area contributed by atoms with Crippen molar-refractivity contribution >= 4 is 22.7 Å². The van der Waals surface area contributed by atoms with Gasteiger partial charge in [-0.2, -0.15) is 0 Å². The van der Waals surface area contributed by atoms with Crippen molar-refractivity contribution in [2.75, 3.05) is 26.8 Å². The van der Waals surface area contributed by atoms with Crippen molar-refractivity contribution in [3.8, 4) is 11.5 Å². The molecule has 0 bridgehead atoms. The number of aromatic nitrogens is 1. The lowest BCUT2D eigenvalue weighted by Crippen LogP contribution is -2.70. The van der Waals surface area contributed by atoms with Crippen LogP contribution in [-0.2, 0) is 16.0 Å². The maximum atomic E-state index is 13.6. The van der Waals surface area contributed by atoms with Crippen molar-refractivity contribution in [2.24, 2.45) is 0 Å². The number of nitrogens with zero attached hydrogens (tertiary/aromatic N) is 2. The van der Waals surface area contributed by atoms with E-state index in [9.17, 15) is 19.8 Å². The van der Waals surface area contributed by atoms with Gasteiger partial charge in [-0.1, -0.05) is 12.1 Å². The Kier molecular flexibility index (Phi) is 4.63. The number of methoxy groups -OCH3 is 1. The third-order valence-electron chi connectivity index (χ3n) is 6.63. The summed E-state index contributed by atoms with van der Waals surface area (Å²) in [5.41, 5.74) is 2.24. The number of β-amino-alcohol motifs (C(OH)–C–C–N with tert-alkyl or cyclic N) is 1. The normalized spacial score (nSPS) is 22.8. The van der Waals surface area contributed by atoms with Crippen LogP contribution in [0.4, 0.5) is 0 Å². The van der Waals surface area contributed by atoms with Crippen LogP contribution in [0.2, 0.25) is 0 Å². The number of hydrogen-bond acceptors (Lipinski definition) is 5. The minimum Gasteiger partial charge on any atom is -0.508 e. The Bertz CT molecular complexity index is 1240. The van der Waals surface area contributed by atoms with E-state index in [2.05, 4.69) is 4.98 Å². The van der Waals surface area contributed by atoms with E-state index >= 15 is 0 Å². The lowest BCUT2D eigenvalue weighted by Gasteiger charge is -2.53. The van der Waals surface area contributed by atoms with Gasteiger partial charge in [0, 0.05) is 29.6 Å². The van der Waals surface area contributed by atoms with Crippen molar-refractivity contribution < 1.29 is 24.5 Å². The number of rotatable bonds is 4. The molecule has 8 nitrogen and oxygen atoms in total. The Hall–Kier alpha value is -3.52. The molecule has 2 atom stereocenters. The monoisotopic (exact) mass is 435 g/mol. The second kappa shape index (κ2) is 7.27. The Labute approximate surface area is 185 Å². The van der Waals surface area contributed by atoms with E-state index in [1.54, 1.807) is 37.1 Å². The molecule has 0 spiro atoms. The summed E-state index contributed by atoms with van der Waals surface area (Å²) in [6, 6.07) is 11.9. The minimum absolute atomic E-state index is 0.0896. The van der Waals surface area contributed by atoms with Crippen LogP contribution in [0.1, 0.15) is 29.8 Å². The third kappa shape index (κ3) is 2.86. The Balaban J connectivity index is 1.77. The smallest absolute Gasteiger partial charge is 0.249 e. The summed E-state index contributed by atoms with van der Waals surface area (Å²) in [5.74, 6) is 0.399. The maximum Gasteiger partial charge on any atom is 0.249 e. The van der Waals surface area contributed by atoms with Crippen molar-refractivity contribution in [3.63, 3.8) is 0 Å². The minimum atomic E-state index is -1.13. The Morgan fingerprint density at radius 1 is 1.22 bits per heavy atom. The molecule has 3 aromatic rings. The van der Waals surface area contributed by atoms with E-state index in [0.717, 1.165) is 22.2 Å². The summed E-state index contributed by atoms with van der Waals surface area (Å²) in [6.45, 7) is 1.60. The average molecular weight is 435 g/mol. The quantitative estimate of drug-likeness (QED) is 0.581. The summed E-state index contributed by atoms with van der Waals surface area (Å²) in [4.78, 5) is 33.5. The number of piperazine rings is 1. The van der Waals surface area contributed by atoms with Crippen molar-refractivity contribution in [1.82, 2.24) is 14.8 Å². The average Bonchev–Trinajstić information content (AvgIpc) is 3.13. The molecule has 1 saturated heterocycles. The van der Waals surface area contributed by atoms with Gasteiger partial charge in [-0.3, -0.25) is 9.59 Å². The number of hydrogen-bond donors (Lipinski definition) is 3. The van der Waals surface area contributed by atoms with Gasteiger partial charge in [0.15, 0.2) is 0 Å². The molecule has 2 aliphatic heterocycles. The fraction of sp³-hybridized carbons (Fsp3) is 0.333. The van der Waals surface area contributed by atoms with Crippen LogP contribution in [0.5, 0.6) is 11.5 Å². The van der Waals surface area contributed by atoms with E-state index in [0.29, 0.717) is 17.7 Å². The topological polar surface area (TPSA) is 106 Å². The molecule has 166 valence electrons. The summed E-state index contributed by atoms with van der Waals surface area (Å²) < 4.78 is 5.41. The number of phenols is 1. The molecule has 2 aromatic carbocycles. The number of H-pyrrole nitrogens is 1. The highest BCUT2D eigenvalue weighted by molar-refractivity contribution is 6.00. The molecule has 3 N–H and O–H groups in total. The SMILES string of the molecule is COc1ccc2[nH]c3c(c2c1)C[C@@]1(C)C(=O)N(CCO)CC(=O)N1[C@@H]3c1cccc(O)c1. The molecule has 3 heterocycles. The molecule has 2 amide bonds. The molecule has 8 heteroatoms. The number of carbonyl (C=O) groups is 2. The molecule has 5 rings (SSSR count). The summed E-state index contributed by atoms with van der Waals surface area (Å²) in [6.07, 6.45) is 0.331. The van der Waals surface area contributed by atoms with Crippen molar-refractivity contribution in [2.45, 2.75) is 24.9 Å². The number of ether oxygens (including phenoxy) is 1. The first-order valence-corrected chi connectivity index (χ1v) is 10.6. The number of amides is 2. The molecule has 2 aliphatic rings. The van der Waals surface area contributed by atoms with Crippen LogP contribution in [0, 0.1) is 0 Å². The molecule has 1 aromatic heterocycles. The first-order valence-electron chi connectivity index (χ1n) is 10.6. The van der Waals surface area contributed by atoms with E-state index in [1.165, 1.54) is 4.90 Å². The van der Waals surface area contributed by atoms with Crippen LogP contribution in [0.15, 0.2) is 42.5 Å². The molecule has 0 saturated carbocycles. The van der Waals surface area contributed by atoms with Gasteiger partial charge in [0.05, 0.1) is 26.3 Å². The van der Waals surface area contributed by atoms with Gasteiger partial charge in [0.25, 0.3) is 0 Å². The first-order chi connectivity index (χ1) is 15.4. The number of nitrogens with one attached hydrogen (secondary N) is 1. The van der Waals surface area contributed by atoms with Gasteiger partial charge in [-0.15, -0.1) is 0 Å². The molecule has 32 heavy (non-hydrogen) atoms. The predicted octanol–water partition coefficient (Wildman–Crippen LogP) is 1.95. The van der Waals surface area contributed by atoms with Crippen LogP contribution in [0.3, 0.4) is 0 Å². The zero-order chi connectivity index (χ0) is 22.6. The predicted molar refractivity (Wildman–Crippen MR) is 117 cm³/mol. The van der Waals surface area contributed by atoms with Crippen LogP contribution >= 0.6 is 0 Å². The zero-order valence-electron chi connectivity index (χ0n) is 18.0. The highest BCUT2D eigenvalue weighted by Crippen LogP contribution is 2.47. The summed E-state index contributed by atoms with van der Waals surface area (Å²) >= 11 is 0. The maximum absolute atomic E-state index is 13.6. The largest absolute Gasteiger partial charge is 0.508 e. The number of fused-ring (bicyclic) bond motifs is 4. The number of aromatic hydroxyl groups is 1. The Morgan fingerprint density at radius 3 is 2.75 bits per heavy atom. The Morgan fingerprint density at radius 2 is 2.03 bits per heavy atom. The number of phenolic OH excluding ortho intramolecular Hbond substituents is 1. The highest BCUT2D eigenvalue weighted by Gasteiger charge is 2.55. The molecule has 0 radical (unpaired) electrons. The number of benzene rings is 2. The molecule has 0 aliphatic carbocycles. The number of aromatic amines is 1. The zero-order valence-corrected chi connectivity index (χ0v) is 18.0. The van der Waals surface area contributed by atoms with E-state index in [1.807, 2.05) is 24.3 Å². The second-order valence-electron chi connectivity index (χ2n) is 8.59. The summed E-state index contributed by atoms with van der Waals surface area (Å²) in [7, 11) is 1.61. The van der Waals surface area contributed by atoms with Crippen molar-refractivity contribution in [3.05, 3.63) is 59.3 Å². The van der Waals surface area contributed by atoms with E-state index < -0.39 is 11.6 Å². The molecular weight excluding hydrogens is 410 g/mol. The summed E-state index contributed by atoms with van der Waals surface area (Å²) in [5, 5.41) is 20.5. The fourth-order valence-corrected chi connectivity index (χ4v) is 5.20. The molecule has 1 fully saturated rings. The molecular formula is C24H25N3O5. The van der Waals surface area contributed by atoms with Gasteiger partial charge in [-0.25, -0.2) is 0 Å². The van der Waals surface area contributed by atoms with Crippen LogP contribution < -0.4 is 4.74 Å². The fourth-order valence-electron chi connectivity index (χ4n) is 5.20. The van der Waals surface area contributed by atoms with Gasteiger partial charge < -0.3 is 29.7 Å². The van der Waals surface area contributed by atoms with Crippen molar-refractivity contribution in [1.29, 1.82) is 0 Å². The van der Waals surface area contributed by atoms with Gasteiger partial charge in [-0.05, 0) is 48.4 Å². The van der Waals surface area contributed by atoms with Gasteiger partial charge in [0.2, 0.25) is 11.8 Å². The highest BCUT2D eigenvalue weighted by atomic mass is 16.5. The number of carbonyl (C=O) groups excluding carboxylic acids is 2. The van der Waals surface area contributed by atoms with Crippen LogP contribution in [-0.4, -0.2) is 69.2 Å². The van der Waals surface area contributed by atoms with Gasteiger partial charge >= 0.3 is 0 Å². The first kappa shape index (κ1) is 20.4. The second-order valence-corrected chi connectivity index (χ2v) is 8.59. The number of aliphatic hydroxyl groups is 1. The van der Waals surface area contributed by atoms with E-state index in [4.69, 9.17) is 4.74 Å². The number of aliphatic hydroxyl groups excluding tert-OH is 1.